The van der Waals surface area contributed by atoms with Crippen molar-refractivity contribution >= 4 is 36.3 Å². The van der Waals surface area contributed by atoms with Gasteiger partial charge in [-0.3, -0.25) is 14.4 Å². The zero-order valence-corrected chi connectivity index (χ0v) is 15.8. The number of aliphatic carboxylic acids is 1. The molecule has 0 saturated carbocycles. The Morgan fingerprint density at radius 2 is 1.89 bits per heavy atom. The zero-order chi connectivity index (χ0) is 20.0. The number of carboxylic acids is 1. The molecule has 0 aromatic rings. The molecule has 2 rings (SSSR count). The molecule has 11 heteroatoms. The molecule has 2 heterocycles. The summed E-state index contributed by atoms with van der Waals surface area (Å²) >= 11 is 4.03. The molecule has 4 unspecified atom stereocenters. The third kappa shape index (κ3) is 5.33. The first-order valence-corrected chi connectivity index (χ1v) is 9.61. The van der Waals surface area contributed by atoms with E-state index in [2.05, 4.69) is 28.6 Å². The molecular formula is C16H26N4O6S. The number of thiol groups is 1. The number of carboxylic acid groups (broad SMARTS) is 1. The Hall–Kier alpha value is -1.85. The molecule has 27 heavy (non-hydrogen) atoms. The van der Waals surface area contributed by atoms with E-state index in [0.717, 1.165) is 19.4 Å². The third-order valence-corrected chi connectivity index (χ3v) is 5.17. The van der Waals surface area contributed by atoms with Gasteiger partial charge in [0.15, 0.2) is 0 Å². The standard InChI is InChI=1S/C16H26N4O6S/c21-7-10(16(25)26)18-13(22)11(8-27)19-14(23)12-4-2-6-20(12)15(24)9-3-1-5-17-9/h9-12,17,21,27H,1-8H2,(H,18,22)(H,19,23)(H,25,26). The first kappa shape index (κ1) is 21.5. The second-order valence-electron chi connectivity index (χ2n) is 6.66. The quantitative estimate of drug-likeness (QED) is 0.250. The van der Waals surface area contributed by atoms with E-state index in [-0.39, 0.29) is 17.7 Å². The SMILES string of the molecule is O=C(O)C(CO)NC(=O)C(CS)NC(=O)C1CCCN1C(=O)C1CCCN1. The lowest BCUT2D eigenvalue weighted by Gasteiger charge is -2.28. The maximum atomic E-state index is 12.6. The summed E-state index contributed by atoms with van der Waals surface area (Å²) in [7, 11) is 0. The second kappa shape index (κ2) is 9.90. The van der Waals surface area contributed by atoms with Crippen molar-refractivity contribution in [2.24, 2.45) is 0 Å². The van der Waals surface area contributed by atoms with Gasteiger partial charge in [0, 0.05) is 12.3 Å². The topological polar surface area (TPSA) is 148 Å². The van der Waals surface area contributed by atoms with E-state index in [0.29, 0.717) is 19.4 Å². The van der Waals surface area contributed by atoms with Gasteiger partial charge in [0.25, 0.3) is 0 Å². The molecule has 4 atom stereocenters. The summed E-state index contributed by atoms with van der Waals surface area (Å²) in [5.74, 6) is -2.77. The van der Waals surface area contributed by atoms with Crippen molar-refractivity contribution in [3.8, 4) is 0 Å². The van der Waals surface area contributed by atoms with E-state index in [1.165, 1.54) is 0 Å². The number of aliphatic hydroxyl groups excluding tert-OH is 1. The van der Waals surface area contributed by atoms with Crippen molar-refractivity contribution in [2.45, 2.75) is 49.9 Å². The van der Waals surface area contributed by atoms with E-state index in [1.807, 2.05) is 0 Å². The van der Waals surface area contributed by atoms with Crippen LogP contribution in [0.4, 0.5) is 0 Å². The van der Waals surface area contributed by atoms with Crippen molar-refractivity contribution in [2.75, 3.05) is 25.4 Å². The molecule has 152 valence electrons. The van der Waals surface area contributed by atoms with Gasteiger partial charge in [-0.15, -0.1) is 0 Å². The molecule has 0 aliphatic carbocycles. The minimum atomic E-state index is -1.46. The van der Waals surface area contributed by atoms with Gasteiger partial charge in [0.05, 0.1) is 12.6 Å². The summed E-state index contributed by atoms with van der Waals surface area (Å²) in [6, 6.07) is -3.47. The summed E-state index contributed by atoms with van der Waals surface area (Å²) in [4.78, 5) is 49.9. The predicted molar refractivity (Wildman–Crippen MR) is 98.2 cm³/mol. The number of carbonyl (C=O) groups is 4. The van der Waals surface area contributed by atoms with Crippen LogP contribution in [0.5, 0.6) is 0 Å². The molecule has 2 fully saturated rings. The highest BCUT2D eigenvalue weighted by Gasteiger charge is 2.39. The highest BCUT2D eigenvalue weighted by Crippen LogP contribution is 2.21. The average molecular weight is 402 g/mol. The molecule has 5 N–H and O–H groups in total. The maximum absolute atomic E-state index is 12.6. The van der Waals surface area contributed by atoms with Crippen LogP contribution in [0.3, 0.4) is 0 Å². The number of likely N-dealkylation sites (tertiary alicyclic amines) is 1. The number of rotatable bonds is 8. The van der Waals surface area contributed by atoms with Gasteiger partial charge < -0.3 is 31.1 Å². The smallest absolute Gasteiger partial charge is 0.328 e. The first-order chi connectivity index (χ1) is 12.9. The normalized spacial score (nSPS) is 24.3. The van der Waals surface area contributed by atoms with Crippen LogP contribution in [0, 0.1) is 0 Å². The third-order valence-electron chi connectivity index (χ3n) is 4.81. The predicted octanol–water partition coefficient (Wildman–Crippen LogP) is -2.29. The van der Waals surface area contributed by atoms with Crippen molar-refractivity contribution in [1.29, 1.82) is 0 Å². The van der Waals surface area contributed by atoms with Crippen LogP contribution in [-0.4, -0.2) is 88.4 Å². The number of carbonyl (C=O) groups excluding carboxylic acids is 3. The molecule has 2 saturated heterocycles. The Morgan fingerprint density at radius 3 is 2.44 bits per heavy atom. The summed E-state index contributed by atoms with van der Waals surface area (Å²) in [5, 5.41) is 25.7. The summed E-state index contributed by atoms with van der Waals surface area (Å²) in [5.41, 5.74) is 0. The van der Waals surface area contributed by atoms with Gasteiger partial charge in [-0.1, -0.05) is 0 Å². The highest BCUT2D eigenvalue weighted by molar-refractivity contribution is 7.80. The molecule has 2 aliphatic rings. The van der Waals surface area contributed by atoms with Gasteiger partial charge in [-0.25, -0.2) is 4.79 Å². The lowest BCUT2D eigenvalue weighted by atomic mass is 10.1. The number of hydrogen-bond donors (Lipinski definition) is 6. The van der Waals surface area contributed by atoms with Gasteiger partial charge in [-0.05, 0) is 32.2 Å². The average Bonchev–Trinajstić information content (AvgIpc) is 3.34. The van der Waals surface area contributed by atoms with E-state index < -0.39 is 42.5 Å². The summed E-state index contributed by atoms with van der Waals surface area (Å²) in [6.45, 7) is 0.491. The Kier molecular flexibility index (Phi) is 7.87. The Balaban J connectivity index is 1.97. The molecule has 0 aromatic carbocycles. The fraction of sp³-hybridized carbons (Fsp3) is 0.750. The van der Waals surface area contributed by atoms with Crippen LogP contribution in [0.2, 0.25) is 0 Å². The van der Waals surface area contributed by atoms with Crippen LogP contribution in [0.25, 0.3) is 0 Å². The van der Waals surface area contributed by atoms with Gasteiger partial charge >= 0.3 is 5.97 Å². The van der Waals surface area contributed by atoms with Crippen molar-refractivity contribution in [3.63, 3.8) is 0 Å². The molecule has 2 aliphatic heterocycles. The molecule has 10 nitrogen and oxygen atoms in total. The minimum absolute atomic E-state index is 0.0554. The zero-order valence-electron chi connectivity index (χ0n) is 14.9. The van der Waals surface area contributed by atoms with E-state index in [4.69, 9.17) is 10.2 Å². The summed E-state index contributed by atoms with van der Waals surface area (Å²) < 4.78 is 0. The lowest BCUT2D eigenvalue weighted by Crippen LogP contribution is -2.57. The minimum Gasteiger partial charge on any atom is -0.480 e. The molecule has 3 amide bonds. The highest BCUT2D eigenvalue weighted by atomic mass is 32.1. The number of hydrogen-bond acceptors (Lipinski definition) is 7. The summed E-state index contributed by atoms with van der Waals surface area (Å²) in [6.07, 6.45) is 2.85. The first-order valence-electron chi connectivity index (χ1n) is 8.98. The monoisotopic (exact) mass is 402 g/mol. The number of nitrogens with one attached hydrogen (secondary N) is 3. The van der Waals surface area contributed by atoms with Crippen molar-refractivity contribution in [3.05, 3.63) is 0 Å². The van der Waals surface area contributed by atoms with Crippen LogP contribution in [0.1, 0.15) is 25.7 Å². The molecule has 0 spiro atoms. The van der Waals surface area contributed by atoms with E-state index in [1.54, 1.807) is 4.90 Å². The molecule has 0 radical (unpaired) electrons. The maximum Gasteiger partial charge on any atom is 0.328 e. The van der Waals surface area contributed by atoms with Gasteiger partial charge in [0.2, 0.25) is 17.7 Å². The van der Waals surface area contributed by atoms with Crippen molar-refractivity contribution < 1.29 is 29.4 Å². The molecule has 0 bridgehead atoms. The number of amides is 3. The number of nitrogens with zero attached hydrogens (tertiary/aromatic N) is 1. The second-order valence-corrected chi connectivity index (χ2v) is 7.03. The molecular weight excluding hydrogens is 376 g/mol. The van der Waals surface area contributed by atoms with Crippen LogP contribution in [0.15, 0.2) is 0 Å². The molecule has 0 aromatic heterocycles. The number of aliphatic hydroxyl groups is 1. The van der Waals surface area contributed by atoms with Gasteiger partial charge in [-0.2, -0.15) is 12.6 Å². The van der Waals surface area contributed by atoms with Crippen LogP contribution in [-0.2, 0) is 19.2 Å². The Bertz CT molecular complexity index is 583. The largest absolute Gasteiger partial charge is 0.480 e. The lowest BCUT2D eigenvalue weighted by molar-refractivity contribution is -0.143. The van der Waals surface area contributed by atoms with E-state index in [9.17, 15) is 19.2 Å². The fourth-order valence-corrected chi connectivity index (χ4v) is 3.58. The Labute approximate surface area is 162 Å². The Morgan fingerprint density at radius 1 is 1.15 bits per heavy atom. The van der Waals surface area contributed by atoms with Crippen LogP contribution < -0.4 is 16.0 Å². The van der Waals surface area contributed by atoms with Gasteiger partial charge in [0.1, 0.15) is 18.1 Å². The van der Waals surface area contributed by atoms with Crippen molar-refractivity contribution in [1.82, 2.24) is 20.9 Å². The van der Waals surface area contributed by atoms with E-state index >= 15 is 0 Å². The van der Waals surface area contributed by atoms with Crippen LogP contribution >= 0.6 is 12.6 Å². The fourth-order valence-electron chi connectivity index (χ4n) is 3.32.